The van der Waals surface area contributed by atoms with Crippen molar-refractivity contribution in [1.29, 1.82) is 0 Å². The minimum Gasteiger partial charge on any atom is -0.418 e. The molecule has 14 heavy (non-hydrogen) atoms. The van der Waals surface area contributed by atoms with Gasteiger partial charge in [0, 0.05) is 0 Å². The third-order valence-electron chi connectivity index (χ3n) is 1.89. The predicted octanol–water partition coefficient (Wildman–Crippen LogP) is 2.13. The van der Waals surface area contributed by atoms with Crippen LogP contribution in [0.3, 0.4) is 0 Å². The van der Waals surface area contributed by atoms with Gasteiger partial charge in [0.05, 0.1) is 10.9 Å². The maximum absolute atomic E-state index is 5.63. The standard InChI is InChI=1S/C9H11N3OS/c1-5-3-4-14-7(5)9-12-11-8(13-9)6(2)10/h3-4,6H,10H2,1-2H3. The highest BCUT2D eigenvalue weighted by Crippen LogP contribution is 2.28. The molecule has 2 N–H and O–H groups in total. The largest absolute Gasteiger partial charge is 0.418 e. The van der Waals surface area contributed by atoms with Crippen molar-refractivity contribution in [1.82, 2.24) is 10.2 Å². The molecule has 0 saturated heterocycles. The van der Waals surface area contributed by atoms with Crippen molar-refractivity contribution in [2.24, 2.45) is 5.73 Å². The summed E-state index contributed by atoms with van der Waals surface area (Å²) < 4.78 is 5.43. The van der Waals surface area contributed by atoms with Crippen molar-refractivity contribution in [3.05, 3.63) is 22.9 Å². The molecule has 2 heterocycles. The second-order valence-electron chi connectivity index (χ2n) is 3.17. The van der Waals surface area contributed by atoms with E-state index in [0.717, 1.165) is 10.4 Å². The molecule has 0 aromatic carbocycles. The smallest absolute Gasteiger partial charge is 0.258 e. The lowest BCUT2D eigenvalue weighted by Crippen LogP contribution is -2.04. The highest BCUT2D eigenvalue weighted by molar-refractivity contribution is 7.13. The average Bonchev–Trinajstić information content (AvgIpc) is 2.71. The molecular formula is C9H11N3OS. The highest BCUT2D eigenvalue weighted by Gasteiger charge is 2.13. The monoisotopic (exact) mass is 209 g/mol. The molecule has 2 aromatic rings. The summed E-state index contributed by atoms with van der Waals surface area (Å²) in [5, 5.41) is 9.83. The maximum atomic E-state index is 5.63. The number of nitrogens with two attached hydrogens (primary N) is 1. The van der Waals surface area contributed by atoms with Gasteiger partial charge < -0.3 is 10.2 Å². The lowest BCUT2D eigenvalue weighted by Gasteiger charge is -1.95. The molecule has 0 spiro atoms. The van der Waals surface area contributed by atoms with Crippen LogP contribution in [0.25, 0.3) is 10.8 Å². The Labute approximate surface area is 85.8 Å². The van der Waals surface area contributed by atoms with Crippen molar-refractivity contribution in [3.63, 3.8) is 0 Å². The van der Waals surface area contributed by atoms with Gasteiger partial charge in [-0.2, -0.15) is 0 Å². The highest BCUT2D eigenvalue weighted by atomic mass is 32.1. The van der Waals surface area contributed by atoms with Gasteiger partial charge in [-0.25, -0.2) is 0 Å². The summed E-state index contributed by atoms with van der Waals surface area (Å²) in [4.78, 5) is 1.02. The number of thiophene rings is 1. The van der Waals surface area contributed by atoms with E-state index in [0.29, 0.717) is 11.8 Å². The normalized spacial score (nSPS) is 13.1. The van der Waals surface area contributed by atoms with Crippen LogP contribution in [0.15, 0.2) is 15.9 Å². The van der Waals surface area contributed by atoms with Crippen molar-refractivity contribution in [3.8, 4) is 10.8 Å². The molecule has 0 fully saturated rings. The SMILES string of the molecule is Cc1ccsc1-c1nnc(C(C)N)o1. The Morgan fingerprint density at radius 1 is 1.50 bits per heavy atom. The molecule has 0 aliphatic rings. The van der Waals surface area contributed by atoms with Crippen LogP contribution in [-0.4, -0.2) is 10.2 Å². The van der Waals surface area contributed by atoms with Crippen LogP contribution in [0.2, 0.25) is 0 Å². The molecule has 0 aliphatic heterocycles. The number of rotatable bonds is 2. The van der Waals surface area contributed by atoms with Gasteiger partial charge in [-0.05, 0) is 30.9 Å². The van der Waals surface area contributed by atoms with Crippen LogP contribution in [0.1, 0.15) is 24.4 Å². The lowest BCUT2D eigenvalue weighted by molar-refractivity contribution is 0.474. The Balaban J connectivity index is 2.39. The Morgan fingerprint density at radius 2 is 2.29 bits per heavy atom. The van der Waals surface area contributed by atoms with E-state index in [9.17, 15) is 0 Å². The molecular weight excluding hydrogens is 198 g/mol. The Morgan fingerprint density at radius 3 is 2.79 bits per heavy atom. The van der Waals surface area contributed by atoms with E-state index in [1.807, 2.05) is 25.3 Å². The summed E-state index contributed by atoms with van der Waals surface area (Å²) in [6.45, 7) is 3.83. The summed E-state index contributed by atoms with van der Waals surface area (Å²) in [6, 6.07) is 1.81. The molecule has 0 bridgehead atoms. The zero-order chi connectivity index (χ0) is 10.1. The summed E-state index contributed by atoms with van der Waals surface area (Å²) >= 11 is 1.59. The van der Waals surface area contributed by atoms with E-state index in [1.165, 1.54) is 0 Å². The van der Waals surface area contributed by atoms with Gasteiger partial charge in [-0.1, -0.05) is 0 Å². The molecule has 4 nitrogen and oxygen atoms in total. The molecule has 0 amide bonds. The van der Waals surface area contributed by atoms with Crippen molar-refractivity contribution >= 4 is 11.3 Å². The van der Waals surface area contributed by atoms with Crippen LogP contribution < -0.4 is 5.73 Å². The molecule has 0 saturated carbocycles. The first-order valence-electron chi connectivity index (χ1n) is 4.32. The van der Waals surface area contributed by atoms with E-state index in [-0.39, 0.29) is 6.04 Å². The number of hydrogen-bond donors (Lipinski definition) is 1. The van der Waals surface area contributed by atoms with E-state index in [1.54, 1.807) is 11.3 Å². The fourth-order valence-electron chi connectivity index (χ4n) is 1.10. The van der Waals surface area contributed by atoms with Crippen LogP contribution >= 0.6 is 11.3 Å². The number of aryl methyl sites for hydroxylation is 1. The third-order valence-corrected chi connectivity index (χ3v) is 2.89. The van der Waals surface area contributed by atoms with Gasteiger partial charge in [-0.3, -0.25) is 0 Å². The lowest BCUT2D eigenvalue weighted by atomic mass is 10.3. The minimum atomic E-state index is -0.212. The molecule has 1 atom stereocenters. The first-order chi connectivity index (χ1) is 6.68. The quantitative estimate of drug-likeness (QED) is 0.822. The van der Waals surface area contributed by atoms with E-state index in [2.05, 4.69) is 10.2 Å². The Bertz CT molecular complexity index is 433. The fraction of sp³-hybridized carbons (Fsp3) is 0.333. The number of aromatic nitrogens is 2. The van der Waals surface area contributed by atoms with Crippen molar-refractivity contribution in [2.45, 2.75) is 19.9 Å². The van der Waals surface area contributed by atoms with Gasteiger partial charge in [0.2, 0.25) is 5.89 Å². The van der Waals surface area contributed by atoms with Crippen LogP contribution in [0.5, 0.6) is 0 Å². The summed E-state index contributed by atoms with van der Waals surface area (Å²) in [5.74, 6) is 1.04. The van der Waals surface area contributed by atoms with E-state index >= 15 is 0 Å². The second-order valence-corrected chi connectivity index (χ2v) is 4.08. The summed E-state index contributed by atoms with van der Waals surface area (Å²) in [7, 11) is 0. The molecule has 1 unspecified atom stereocenters. The zero-order valence-electron chi connectivity index (χ0n) is 8.02. The molecule has 5 heteroatoms. The Hall–Kier alpha value is -1.20. The topological polar surface area (TPSA) is 64.9 Å². The Kier molecular flexibility index (Phi) is 2.35. The first kappa shape index (κ1) is 9.36. The first-order valence-corrected chi connectivity index (χ1v) is 5.20. The van der Waals surface area contributed by atoms with E-state index in [4.69, 9.17) is 10.2 Å². The third kappa shape index (κ3) is 1.56. The van der Waals surface area contributed by atoms with Gasteiger partial charge in [0.25, 0.3) is 5.89 Å². The van der Waals surface area contributed by atoms with Crippen molar-refractivity contribution < 1.29 is 4.42 Å². The molecule has 0 radical (unpaired) electrons. The molecule has 74 valence electrons. The van der Waals surface area contributed by atoms with E-state index < -0.39 is 0 Å². The molecule has 2 aromatic heterocycles. The second kappa shape index (κ2) is 3.51. The molecule has 0 aliphatic carbocycles. The van der Waals surface area contributed by atoms with Crippen LogP contribution in [-0.2, 0) is 0 Å². The maximum Gasteiger partial charge on any atom is 0.258 e. The predicted molar refractivity (Wildman–Crippen MR) is 55.0 cm³/mol. The van der Waals surface area contributed by atoms with Gasteiger partial charge in [-0.15, -0.1) is 21.5 Å². The van der Waals surface area contributed by atoms with Crippen LogP contribution in [0.4, 0.5) is 0 Å². The van der Waals surface area contributed by atoms with Gasteiger partial charge >= 0.3 is 0 Å². The van der Waals surface area contributed by atoms with Crippen LogP contribution in [0, 0.1) is 6.92 Å². The average molecular weight is 209 g/mol. The summed E-state index contributed by atoms with van der Waals surface area (Å²) in [5.41, 5.74) is 6.77. The fourth-order valence-corrected chi connectivity index (χ4v) is 1.95. The van der Waals surface area contributed by atoms with Gasteiger partial charge in [0.1, 0.15) is 0 Å². The number of hydrogen-bond acceptors (Lipinski definition) is 5. The summed E-state index contributed by atoms with van der Waals surface area (Å²) in [6.07, 6.45) is 0. The van der Waals surface area contributed by atoms with Gasteiger partial charge in [0.15, 0.2) is 0 Å². The zero-order valence-corrected chi connectivity index (χ0v) is 8.84. The van der Waals surface area contributed by atoms with Crippen molar-refractivity contribution in [2.75, 3.05) is 0 Å². The minimum absolute atomic E-state index is 0.212. The number of nitrogens with zero attached hydrogens (tertiary/aromatic N) is 2. The molecule has 2 rings (SSSR count).